The molecule has 2 rings (SSSR count). The first-order valence-corrected chi connectivity index (χ1v) is 5.80. The quantitative estimate of drug-likeness (QED) is 0.656. The van der Waals surface area contributed by atoms with E-state index in [1.54, 1.807) is 0 Å². The van der Waals surface area contributed by atoms with Crippen molar-refractivity contribution in [2.75, 3.05) is 13.2 Å². The Kier molecular flexibility index (Phi) is 2.98. The second-order valence-electron chi connectivity index (χ2n) is 4.22. The van der Waals surface area contributed by atoms with Crippen LogP contribution in [0, 0.1) is 5.41 Å². The van der Waals surface area contributed by atoms with Gasteiger partial charge in [-0.3, -0.25) is 4.79 Å². The highest BCUT2D eigenvalue weighted by Crippen LogP contribution is 2.45. The molecule has 1 aliphatic heterocycles. The van der Waals surface area contributed by atoms with Crippen LogP contribution in [0.1, 0.15) is 39.0 Å². The molecule has 0 amide bonds. The number of carbonyl (C=O) groups is 1. The van der Waals surface area contributed by atoms with Gasteiger partial charge in [-0.1, -0.05) is 6.42 Å². The number of hydrogen-bond acceptors (Lipinski definition) is 3. The SMILES string of the molecule is CCOC(=O)C12CCCCC=C1OCC2. The highest BCUT2D eigenvalue weighted by molar-refractivity contribution is 5.80. The van der Waals surface area contributed by atoms with Gasteiger partial charge in [0, 0.05) is 6.42 Å². The Hall–Kier alpha value is -0.990. The maximum absolute atomic E-state index is 12.0. The third kappa shape index (κ3) is 1.75. The fraction of sp³-hybridized carbons (Fsp3) is 0.750. The molecule has 0 aromatic heterocycles. The van der Waals surface area contributed by atoms with Crippen molar-refractivity contribution in [2.24, 2.45) is 5.41 Å². The van der Waals surface area contributed by atoms with Crippen molar-refractivity contribution in [2.45, 2.75) is 39.0 Å². The summed E-state index contributed by atoms with van der Waals surface area (Å²) in [5, 5.41) is 0. The number of esters is 1. The molecular formula is C12H18O3. The molecule has 0 radical (unpaired) electrons. The molecule has 0 spiro atoms. The van der Waals surface area contributed by atoms with Gasteiger partial charge in [-0.2, -0.15) is 0 Å². The summed E-state index contributed by atoms with van der Waals surface area (Å²) in [4.78, 5) is 12.0. The second kappa shape index (κ2) is 4.25. The average molecular weight is 210 g/mol. The van der Waals surface area contributed by atoms with Gasteiger partial charge in [0.25, 0.3) is 0 Å². The molecule has 1 saturated heterocycles. The molecule has 84 valence electrons. The third-order valence-corrected chi connectivity index (χ3v) is 3.31. The largest absolute Gasteiger partial charge is 0.497 e. The number of rotatable bonds is 2. The van der Waals surface area contributed by atoms with E-state index in [-0.39, 0.29) is 5.97 Å². The Morgan fingerprint density at radius 2 is 2.40 bits per heavy atom. The molecule has 0 saturated carbocycles. The summed E-state index contributed by atoms with van der Waals surface area (Å²) in [6, 6.07) is 0. The molecule has 3 heteroatoms. The molecule has 1 fully saturated rings. The first-order valence-electron chi connectivity index (χ1n) is 5.80. The van der Waals surface area contributed by atoms with Gasteiger partial charge in [0.1, 0.15) is 11.2 Å². The number of allylic oxidation sites excluding steroid dienone is 1. The standard InChI is InChI=1S/C12H18O3/c1-2-14-11(13)12-7-5-3-4-6-10(12)15-9-8-12/h6H,2-5,7-9H2,1H3. The van der Waals surface area contributed by atoms with Gasteiger partial charge in [0.15, 0.2) is 0 Å². The summed E-state index contributed by atoms with van der Waals surface area (Å²) >= 11 is 0. The van der Waals surface area contributed by atoms with E-state index in [1.165, 1.54) is 0 Å². The van der Waals surface area contributed by atoms with E-state index in [0.29, 0.717) is 13.2 Å². The minimum absolute atomic E-state index is 0.0874. The van der Waals surface area contributed by atoms with Crippen LogP contribution in [0.4, 0.5) is 0 Å². The van der Waals surface area contributed by atoms with Crippen LogP contribution in [0.15, 0.2) is 11.8 Å². The molecule has 0 bridgehead atoms. The maximum atomic E-state index is 12.0. The lowest BCUT2D eigenvalue weighted by atomic mass is 9.80. The van der Waals surface area contributed by atoms with Crippen LogP contribution in [0.5, 0.6) is 0 Å². The van der Waals surface area contributed by atoms with Crippen molar-refractivity contribution < 1.29 is 14.3 Å². The minimum Gasteiger partial charge on any atom is -0.497 e. The van der Waals surface area contributed by atoms with E-state index >= 15 is 0 Å². The fourth-order valence-corrected chi connectivity index (χ4v) is 2.48. The van der Waals surface area contributed by atoms with E-state index in [0.717, 1.165) is 37.9 Å². The number of ether oxygens (including phenoxy) is 2. The van der Waals surface area contributed by atoms with Crippen LogP contribution in [0.3, 0.4) is 0 Å². The van der Waals surface area contributed by atoms with Gasteiger partial charge in [-0.25, -0.2) is 0 Å². The van der Waals surface area contributed by atoms with Gasteiger partial charge in [0.05, 0.1) is 13.2 Å². The summed E-state index contributed by atoms with van der Waals surface area (Å²) in [5.41, 5.74) is -0.438. The van der Waals surface area contributed by atoms with Gasteiger partial charge in [0.2, 0.25) is 0 Å². The van der Waals surface area contributed by atoms with E-state index in [2.05, 4.69) is 6.08 Å². The van der Waals surface area contributed by atoms with Gasteiger partial charge in [-0.15, -0.1) is 0 Å². The second-order valence-corrected chi connectivity index (χ2v) is 4.22. The van der Waals surface area contributed by atoms with Crippen LogP contribution in [0.25, 0.3) is 0 Å². The molecule has 0 N–H and O–H groups in total. The van der Waals surface area contributed by atoms with Crippen molar-refractivity contribution >= 4 is 5.97 Å². The molecule has 1 unspecified atom stereocenters. The number of hydrogen-bond donors (Lipinski definition) is 0. The predicted molar refractivity (Wildman–Crippen MR) is 56.2 cm³/mol. The molecule has 1 atom stereocenters. The van der Waals surface area contributed by atoms with Gasteiger partial charge >= 0.3 is 5.97 Å². The fourth-order valence-electron chi connectivity index (χ4n) is 2.48. The molecule has 1 aliphatic carbocycles. The van der Waals surface area contributed by atoms with Crippen molar-refractivity contribution in [3.63, 3.8) is 0 Å². The summed E-state index contributed by atoms with van der Waals surface area (Å²) in [6.07, 6.45) is 7.01. The number of carbonyl (C=O) groups excluding carboxylic acids is 1. The van der Waals surface area contributed by atoms with E-state index in [9.17, 15) is 4.79 Å². The Bertz CT molecular complexity index is 283. The van der Waals surface area contributed by atoms with Crippen molar-refractivity contribution in [3.8, 4) is 0 Å². The Balaban J connectivity index is 2.24. The zero-order valence-corrected chi connectivity index (χ0v) is 9.25. The minimum atomic E-state index is -0.438. The molecule has 2 aliphatic rings. The van der Waals surface area contributed by atoms with Crippen LogP contribution in [0.2, 0.25) is 0 Å². The highest BCUT2D eigenvalue weighted by atomic mass is 16.5. The van der Waals surface area contributed by atoms with Crippen LogP contribution in [-0.4, -0.2) is 19.2 Å². The normalized spacial score (nSPS) is 29.8. The lowest BCUT2D eigenvalue weighted by Gasteiger charge is -2.24. The molecule has 1 heterocycles. The Morgan fingerprint density at radius 3 is 3.20 bits per heavy atom. The lowest BCUT2D eigenvalue weighted by molar-refractivity contribution is -0.153. The topological polar surface area (TPSA) is 35.5 Å². The zero-order chi connectivity index (χ0) is 10.7. The van der Waals surface area contributed by atoms with Crippen molar-refractivity contribution in [1.82, 2.24) is 0 Å². The maximum Gasteiger partial charge on any atom is 0.319 e. The Morgan fingerprint density at radius 1 is 1.53 bits per heavy atom. The summed E-state index contributed by atoms with van der Waals surface area (Å²) in [7, 11) is 0. The zero-order valence-electron chi connectivity index (χ0n) is 9.25. The average Bonchev–Trinajstić information content (AvgIpc) is 2.53. The van der Waals surface area contributed by atoms with Crippen LogP contribution >= 0.6 is 0 Å². The van der Waals surface area contributed by atoms with Crippen molar-refractivity contribution in [1.29, 1.82) is 0 Å². The van der Waals surface area contributed by atoms with E-state index < -0.39 is 5.41 Å². The summed E-state index contributed by atoms with van der Waals surface area (Å²) in [5.74, 6) is 0.786. The summed E-state index contributed by atoms with van der Waals surface area (Å²) in [6.45, 7) is 2.96. The molecule has 0 aromatic rings. The van der Waals surface area contributed by atoms with Gasteiger partial charge < -0.3 is 9.47 Å². The third-order valence-electron chi connectivity index (χ3n) is 3.31. The predicted octanol–water partition coefficient (Wildman–Crippen LogP) is 2.41. The molecular weight excluding hydrogens is 192 g/mol. The Labute approximate surface area is 90.4 Å². The monoisotopic (exact) mass is 210 g/mol. The first kappa shape index (κ1) is 10.5. The van der Waals surface area contributed by atoms with Crippen molar-refractivity contribution in [3.05, 3.63) is 11.8 Å². The first-order chi connectivity index (χ1) is 7.29. The number of fused-ring (bicyclic) bond motifs is 1. The molecule has 3 nitrogen and oxygen atoms in total. The van der Waals surface area contributed by atoms with E-state index in [1.807, 2.05) is 6.92 Å². The van der Waals surface area contributed by atoms with Crippen LogP contribution in [-0.2, 0) is 14.3 Å². The molecule has 15 heavy (non-hydrogen) atoms. The highest BCUT2D eigenvalue weighted by Gasteiger charge is 2.48. The molecule has 0 aromatic carbocycles. The summed E-state index contributed by atoms with van der Waals surface area (Å²) < 4.78 is 10.7. The van der Waals surface area contributed by atoms with Crippen LogP contribution < -0.4 is 0 Å². The van der Waals surface area contributed by atoms with Gasteiger partial charge in [-0.05, 0) is 32.3 Å². The lowest BCUT2D eigenvalue weighted by Crippen LogP contribution is -2.31. The smallest absolute Gasteiger partial charge is 0.319 e. The van der Waals surface area contributed by atoms with E-state index in [4.69, 9.17) is 9.47 Å².